The van der Waals surface area contributed by atoms with E-state index in [1.54, 1.807) is 0 Å². The van der Waals surface area contributed by atoms with E-state index in [4.69, 9.17) is 9.47 Å². The molecule has 11 nitrogen and oxygen atoms in total. The van der Waals surface area contributed by atoms with Crippen molar-refractivity contribution < 1.29 is 50.0 Å². The number of aliphatic hydroxyl groups is 7. The second-order valence-electron chi connectivity index (χ2n) is 27.4. The van der Waals surface area contributed by atoms with E-state index in [1.807, 2.05) is 0 Å². The number of amides is 1. The van der Waals surface area contributed by atoms with Crippen molar-refractivity contribution in [2.75, 3.05) is 13.2 Å². The average Bonchev–Trinajstić information content (AvgIpc) is 2.67. The number of hydrogen-bond acceptors (Lipinski definition) is 10. The monoisotopic (exact) mass is 1250 g/mol. The van der Waals surface area contributed by atoms with Crippen LogP contribution in [-0.2, 0) is 14.3 Å². The Labute approximate surface area is 544 Å². The van der Waals surface area contributed by atoms with Crippen molar-refractivity contribution in [3.8, 4) is 0 Å². The van der Waals surface area contributed by atoms with Gasteiger partial charge in [-0.3, -0.25) is 4.79 Å². The molecule has 1 aliphatic rings. The fourth-order valence-electron chi connectivity index (χ4n) is 12.8. The molecule has 522 valence electrons. The summed E-state index contributed by atoms with van der Waals surface area (Å²) in [6, 6.07) is -1.19. The fraction of sp³-hybridized carbons (Fsp3) is 0.935. The summed E-state index contributed by atoms with van der Waals surface area (Å²) in [6.45, 7) is 3.51. The zero-order chi connectivity index (χ0) is 63.9. The van der Waals surface area contributed by atoms with E-state index in [2.05, 4.69) is 43.5 Å². The van der Waals surface area contributed by atoms with Gasteiger partial charge in [-0.25, -0.2) is 0 Å². The Morgan fingerprint density at radius 3 is 0.977 bits per heavy atom. The topological polar surface area (TPSA) is 189 Å². The van der Waals surface area contributed by atoms with Crippen molar-refractivity contribution in [2.24, 2.45) is 0 Å². The minimum atomic E-state index is -1.67. The molecule has 9 atom stereocenters. The summed E-state index contributed by atoms with van der Waals surface area (Å²) in [5, 5.41) is 76.6. The molecular formula is C77H149NO10. The lowest BCUT2D eigenvalue weighted by Gasteiger charge is -2.40. The normalized spacial score (nSPS) is 18.7. The summed E-state index contributed by atoms with van der Waals surface area (Å²) in [6.07, 6.45) is 72.9. The SMILES string of the molecule is CCCCCCCCCCCCCC/C=C\CCCCCCCCCCCCCCCCC(O)C(=O)NC(COC1OC(CO)C(O)C(O)C1O)C(O)C(O)CCC/C=C/CCCCCCCCCCCCCCCCCCCCCCCCCCCC. The number of allylic oxidation sites excluding steroid dienone is 4. The molecule has 0 saturated carbocycles. The predicted octanol–water partition coefficient (Wildman–Crippen LogP) is 19.5. The van der Waals surface area contributed by atoms with Crippen molar-refractivity contribution >= 4 is 5.91 Å². The highest BCUT2D eigenvalue weighted by molar-refractivity contribution is 5.80. The van der Waals surface area contributed by atoms with Gasteiger partial charge in [-0.1, -0.05) is 353 Å². The minimum absolute atomic E-state index is 0.257. The standard InChI is InChI=1S/C77H149NO10/c1-3-5-7-9-11-13-15-17-19-21-23-25-27-29-31-33-35-37-38-40-42-44-46-48-50-52-54-56-58-60-62-64-69(80)72(82)68(67-87-77-75(85)74(84)73(83)71(66-79)88-77)78-76(86)70(81)65-63-61-59-57-55-53-51-49-47-45-43-41-39-36-34-32-30-28-26-24-22-20-18-16-14-12-10-8-6-4-2/h30,32,56,58,68-75,77,79-85H,3-29,31,33-55,57,59-67H2,1-2H3,(H,78,86)/b32-30-,58-56+. The molecule has 1 fully saturated rings. The van der Waals surface area contributed by atoms with Crippen LogP contribution in [0.1, 0.15) is 393 Å². The molecule has 8 N–H and O–H groups in total. The Kier molecular flexibility index (Phi) is 63.1. The van der Waals surface area contributed by atoms with E-state index >= 15 is 0 Å². The van der Waals surface area contributed by atoms with E-state index in [1.165, 1.54) is 315 Å². The van der Waals surface area contributed by atoms with Gasteiger partial charge in [0.2, 0.25) is 5.91 Å². The summed E-state index contributed by atoms with van der Waals surface area (Å²) in [7, 11) is 0. The average molecular weight is 1250 g/mol. The lowest BCUT2D eigenvalue weighted by Crippen LogP contribution is -2.60. The van der Waals surface area contributed by atoms with Crippen LogP contribution in [0, 0.1) is 0 Å². The molecule has 0 aromatic carbocycles. The molecule has 0 spiro atoms. The summed E-state index contributed by atoms with van der Waals surface area (Å²) in [5.74, 6) is -0.699. The number of hydrogen-bond donors (Lipinski definition) is 8. The molecule has 0 aromatic rings. The highest BCUT2D eigenvalue weighted by atomic mass is 16.7. The number of carbonyl (C=O) groups excluding carboxylic acids is 1. The van der Waals surface area contributed by atoms with E-state index < -0.39 is 74.2 Å². The molecule has 0 aromatic heterocycles. The third-order valence-electron chi connectivity index (χ3n) is 19.0. The molecule has 0 bridgehead atoms. The van der Waals surface area contributed by atoms with Crippen LogP contribution >= 0.6 is 0 Å². The van der Waals surface area contributed by atoms with Gasteiger partial charge in [0.25, 0.3) is 0 Å². The first-order valence-electron chi connectivity index (χ1n) is 38.7. The van der Waals surface area contributed by atoms with Crippen LogP contribution < -0.4 is 5.32 Å². The molecule has 1 rings (SSSR count). The number of nitrogens with one attached hydrogen (secondary N) is 1. The number of aliphatic hydroxyl groups excluding tert-OH is 7. The minimum Gasteiger partial charge on any atom is -0.394 e. The molecule has 1 saturated heterocycles. The second kappa shape index (κ2) is 65.6. The largest absolute Gasteiger partial charge is 0.394 e. The van der Waals surface area contributed by atoms with Gasteiger partial charge in [0.15, 0.2) is 6.29 Å². The van der Waals surface area contributed by atoms with Gasteiger partial charge in [0, 0.05) is 0 Å². The number of carbonyl (C=O) groups is 1. The number of ether oxygens (including phenoxy) is 2. The molecular weight excluding hydrogens is 1100 g/mol. The molecule has 1 aliphatic heterocycles. The van der Waals surface area contributed by atoms with Crippen LogP contribution in [0.25, 0.3) is 0 Å². The van der Waals surface area contributed by atoms with Gasteiger partial charge in [0.1, 0.15) is 36.6 Å². The van der Waals surface area contributed by atoms with Crippen LogP contribution in [0.15, 0.2) is 24.3 Å². The summed E-state index contributed by atoms with van der Waals surface area (Å²) in [4.78, 5) is 13.3. The smallest absolute Gasteiger partial charge is 0.249 e. The number of rotatable bonds is 69. The number of unbranched alkanes of at least 4 members (excludes halogenated alkanes) is 53. The molecule has 1 heterocycles. The molecule has 88 heavy (non-hydrogen) atoms. The third-order valence-corrected chi connectivity index (χ3v) is 19.0. The first-order valence-corrected chi connectivity index (χ1v) is 38.7. The lowest BCUT2D eigenvalue weighted by molar-refractivity contribution is -0.303. The highest BCUT2D eigenvalue weighted by Crippen LogP contribution is 2.24. The van der Waals surface area contributed by atoms with E-state index in [9.17, 15) is 40.5 Å². The van der Waals surface area contributed by atoms with Gasteiger partial charge in [-0.2, -0.15) is 0 Å². The molecule has 9 unspecified atom stereocenters. The van der Waals surface area contributed by atoms with E-state index in [0.29, 0.717) is 12.8 Å². The van der Waals surface area contributed by atoms with Crippen molar-refractivity contribution in [3.63, 3.8) is 0 Å². The molecule has 0 radical (unpaired) electrons. The van der Waals surface area contributed by atoms with Gasteiger partial charge in [-0.05, 0) is 64.2 Å². The Bertz CT molecular complexity index is 1480. The highest BCUT2D eigenvalue weighted by Gasteiger charge is 2.44. The van der Waals surface area contributed by atoms with Crippen molar-refractivity contribution in [2.45, 2.75) is 448 Å². The van der Waals surface area contributed by atoms with Crippen LogP contribution in [0.2, 0.25) is 0 Å². The first kappa shape index (κ1) is 84.6. The summed E-state index contributed by atoms with van der Waals surface area (Å²) >= 11 is 0. The van der Waals surface area contributed by atoms with Crippen molar-refractivity contribution in [3.05, 3.63) is 24.3 Å². The van der Waals surface area contributed by atoms with E-state index in [0.717, 1.165) is 38.5 Å². The second-order valence-corrected chi connectivity index (χ2v) is 27.4. The van der Waals surface area contributed by atoms with Gasteiger partial charge >= 0.3 is 0 Å². The summed E-state index contributed by atoms with van der Waals surface area (Å²) < 4.78 is 11.2. The maximum Gasteiger partial charge on any atom is 0.249 e. The Morgan fingerprint density at radius 1 is 0.386 bits per heavy atom. The maximum absolute atomic E-state index is 13.3. The molecule has 0 aliphatic carbocycles. The maximum atomic E-state index is 13.3. The predicted molar refractivity (Wildman–Crippen MR) is 372 cm³/mol. The van der Waals surface area contributed by atoms with Crippen molar-refractivity contribution in [1.29, 1.82) is 0 Å². The zero-order valence-electron chi connectivity index (χ0n) is 58.0. The summed E-state index contributed by atoms with van der Waals surface area (Å²) in [5.41, 5.74) is 0. The Balaban J connectivity index is 2.16. The Hall–Kier alpha value is -1.41. The molecule has 1 amide bonds. The van der Waals surface area contributed by atoms with Crippen LogP contribution in [-0.4, -0.2) is 110 Å². The fourth-order valence-corrected chi connectivity index (χ4v) is 12.8. The van der Waals surface area contributed by atoms with Gasteiger partial charge in [0.05, 0.1) is 25.4 Å². The van der Waals surface area contributed by atoms with Gasteiger partial charge < -0.3 is 50.5 Å². The third kappa shape index (κ3) is 52.0. The van der Waals surface area contributed by atoms with Gasteiger partial charge in [-0.15, -0.1) is 0 Å². The van der Waals surface area contributed by atoms with Crippen LogP contribution in [0.4, 0.5) is 0 Å². The first-order chi connectivity index (χ1) is 43.2. The van der Waals surface area contributed by atoms with Crippen LogP contribution in [0.5, 0.6) is 0 Å². The molecule has 11 heteroatoms. The zero-order valence-corrected chi connectivity index (χ0v) is 58.0. The van der Waals surface area contributed by atoms with E-state index in [-0.39, 0.29) is 12.8 Å². The van der Waals surface area contributed by atoms with Crippen LogP contribution in [0.3, 0.4) is 0 Å². The van der Waals surface area contributed by atoms with Crippen molar-refractivity contribution in [1.82, 2.24) is 5.32 Å². The Morgan fingerprint density at radius 2 is 0.670 bits per heavy atom. The lowest BCUT2D eigenvalue weighted by atomic mass is 9.98. The quantitative estimate of drug-likeness (QED) is 0.0215.